The van der Waals surface area contributed by atoms with Crippen LogP contribution in [0.4, 0.5) is 9.18 Å². The van der Waals surface area contributed by atoms with Gasteiger partial charge < -0.3 is 10.6 Å². The predicted octanol–water partition coefficient (Wildman–Crippen LogP) is 3.69. The summed E-state index contributed by atoms with van der Waals surface area (Å²) in [7, 11) is 0. The minimum Gasteiger partial charge on any atom is -0.336 e. The molecule has 1 saturated carbocycles. The molecule has 1 unspecified atom stereocenters. The quantitative estimate of drug-likeness (QED) is 0.866. The van der Waals surface area contributed by atoms with Crippen LogP contribution in [-0.2, 0) is 5.54 Å². The Hall–Kier alpha value is -1.58. The van der Waals surface area contributed by atoms with Gasteiger partial charge in [0.1, 0.15) is 5.82 Å². The van der Waals surface area contributed by atoms with E-state index in [1.54, 1.807) is 12.1 Å². The highest BCUT2D eigenvalue weighted by atomic mass is 19.1. The van der Waals surface area contributed by atoms with Gasteiger partial charge in [-0.3, -0.25) is 0 Å². The molecule has 0 aliphatic heterocycles. The molecule has 0 saturated heterocycles. The molecule has 0 heterocycles. The third kappa shape index (κ3) is 3.11. The maximum atomic E-state index is 14.1. The molecule has 0 bridgehead atoms. The van der Waals surface area contributed by atoms with Crippen molar-refractivity contribution in [2.75, 3.05) is 0 Å². The molecule has 1 fully saturated rings. The molecular weight excluding hydrogens is 255 g/mol. The third-order valence-electron chi connectivity index (χ3n) is 4.19. The van der Waals surface area contributed by atoms with Gasteiger partial charge in [0.15, 0.2) is 0 Å². The van der Waals surface area contributed by atoms with Crippen LogP contribution >= 0.6 is 0 Å². The Morgan fingerprint density at radius 2 is 2.00 bits per heavy atom. The zero-order valence-corrected chi connectivity index (χ0v) is 12.2. The van der Waals surface area contributed by atoms with E-state index in [-0.39, 0.29) is 17.9 Å². The van der Waals surface area contributed by atoms with Crippen molar-refractivity contribution in [1.82, 2.24) is 10.6 Å². The molecule has 1 aliphatic carbocycles. The molecule has 2 N–H and O–H groups in total. The molecule has 3 nitrogen and oxygen atoms in total. The lowest BCUT2D eigenvalue weighted by Crippen LogP contribution is -2.50. The van der Waals surface area contributed by atoms with E-state index in [9.17, 15) is 9.18 Å². The van der Waals surface area contributed by atoms with Crippen molar-refractivity contribution in [3.05, 3.63) is 35.6 Å². The van der Waals surface area contributed by atoms with E-state index in [1.165, 1.54) is 6.07 Å². The summed E-state index contributed by atoms with van der Waals surface area (Å²) in [4.78, 5) is 12.1. The first-order valence-corrected chi connectivity index (χ1v) is 7.41. The zero-order chi connectivity index (χ0) is 14.6. The lowest BCUT2D eigenvalue weighted by Gasteiger charge is -2.32. The number of benzene rings is 1. The van der Waals surface area contributed by atoms with Crippen molar-refractivity contribution in [3.8, 4) is 0 Å². The number of nitrogens with one attached hydrogen (secondary N) is 2. The van der Waals surface area contributed by atoms with Crippen molar-refractivity contribution >= 4 is 6.03 Å². The number of halogens is 1. The third-order valence-corrected chi connectivity index (χ3v) is 4.19. The highest BCUT2D eigenvalue weighted by Gasteiger charge is 2.39. The molecule has 0 radical (unpaired) electrons. The topological polar surface area (TPSA) is 41.1 Å². The van der Waals surface area contributed by atoms with Crippen LogP contribution in [0.25, 0.3) is 0 Å². The highest BCUT2D eigenvalue weighted by Crippen LogP contribution is 2.39. The first-order chi connectivity index (χ1) is 9.57. The average Bonchev–Trinajstić information content (AvgIpc) is 2.88. The van der Waals surface area contributed by atoms with Crippen LogP contribution in [0.5, 0.6) is 0 Å². The fraction of sp³-hybridized carbons (Fsp3) is 0.562. The van der Waals surface area contributed by atoms with E-state index in [0.717, 1.165) is 32.1 Å². The zero-order valence-electron chi connectivity index (χ0n) is 12.2. The second-order valence-electron chi connectivity index (χ2n) is 5.68. The Morgan fingerprint density at radius 3 is 2.60 bits per heavy atom. The summed E-state index contributed by atoms with van der Waals surface area (Å²) in [6, 6.07) is 6.67. The summed E-state index contributed by atoms with van der Waals surface area (Å²) < 4.78 is 14.1. The molecular formula is C16H23FN2O. The molecule has 1 aromatic carbocycles. The van der Waals surface area contributed by atoms with Gasteiger partial charge in [-0.15, -0.1) is 0 Å². The summed E-state index contributed by atoms with van der Waals surface area (Å²) >= 11 is 0. The number of carbonyl (C=O) groups is 1. The Bertz CT molecular complexity index is 469. The normalized spacial score (nSPS) is 18.6. The van der Waals surface area contributed by atoms with Gasteiger partial charge in [-0.25, -0.2) is 9.18 Å². The minimum atomic E-state index is -0.553. The van der Waals surface area contributed by atoms with Gasteiger partial charge in [0, 0.05) is 11.6 Å². The summed E-state index contributed by atoms with van der Waals surface area (Å²) in [5.41, 5.74) is 0.0555. The maximum absolute atomic E-state index is 14.1. The Balaban J connectivity index is 2.19. The van der Waals surface area contributed by atoms with E-state index in [2.05, 4.69) is 10.6 Å². The number of amides is 2. The predicted molar refractivity (Wildman–Crippen MR) is 78.0 cm³/mol. The molecule has 0 spiro atoms. The first kappa shape index (κ1) is 14.8. The van der Waals surface area contributed by atoms with E-state index in [0.29, 0.717) is 5.56 Å². The smallest absolute Gasteiger partial charge is 0.315 e. The van der Waals surface area contributed by atoms with Crippen molar-refractivity contribution in [3.63, 3.8) is 0 Å². The second-order valence-corrected chi connectivity index (χ2v) is 5.68. The average molecular weight is 278 g/mol. The van der Waals surface area contributed by atoms with Crippen LogP contribution in [0.3, 0.4) is 0 Å². The second kappa shape index (κ2) is 6.25. The fourth-order valence-corrected chi connectivity index (χ4v) is 2.87. The number of hydrogen-bond donors (Lipinski definition) is 2. The van der Waals surface area contributed by atoms with E-state index < -0.39 is 5.54 Å². The van der Waals surface area contributed by atoms with Gasteiger partial charge in [0.25, 0.3) is 0 Å². The molecule has 4 heteroatoms. The lowest BCUT2D eigenvalue weighted by atomic mass is 9.88. The van der Waals surface area contributed by atoms with Gasteiger partial charge in [-0.05, 0) is 32.3 Å². The van der Waals surface area contributed by atoms with Gasteiger partial charge in [0.2, 0.25) is 0 Å². The van der Waals surface area contributed by atoms with E-state index >= 15 is 0 Å². The van der Waals surface area contributed by atoms with Crippen LogP contribution < -0.4 is 10.6 Å². The molecule has 2 amide bonds. The molecule has 1 atom stereocenters. The van der Waals surface area contributed by atoms with Crippen LogP contribution in [0.2, 0.25) is 0 Å². The van der Waals surface area contributed by atoms with Crippen molar-refractivity contribution in [2.24, 2.45) is 0 Å². The van der Waals surface area contributed by atoms with Crippen LogP contribution in [-0.4, -0.2) is 12.1 Å². The monoisotopic (exact) mass is 278 g/mol. The summed E-state index contributed by atoms with van der Waals surface area (Å²) in [5, 5.41) is 5.92. The largest absolute Gasteiger partial charge is 0.336 e. The summed E-state index contributed by atoms with van der Waals surface area (Å²) in [5.74, 6) is -0.238. The fourth-order valence-electron chi connectivity index (χ4n) is 2.87. The van der Waals surface area contributed by atoms with Crippen LogP contribution in [0.15, 0.2) is 24.3 Å². The summed E-state index contributed by atoms with van der Waals surface area (Å²) in [6.07, 6.45) is 4.49. The number of rotatable bonds is 4. The van der Waals surface area contributed by atoms with Gasteiger partial charge in [-0.1, -0.05) is 38.0 Å². The van der Waals surface area contributed by atoms with Crippen LogP contribution in [0.1, 0.15) is 51.5 Å². The van der Waals surface area contributed by atoms with Gasteiger partial charge >= 0.3 is 6.03 Å². The van der Waals surface area contributed by atoms with E-state index in [4.69, 9.17) is 0 Å². The van der Waals surface area contributed by atoms with Crippen LogP contribution in [0, 0.1) is 5.82 Å². The number of urea groups is 1. The lowest BCUT2D eigenvalue weighted by molar-refractivity contribution is 0.220. The van der Waals surface area contributed by atoms with Crippen molar-refractivity contribution in [2.45, 2.75) is 57.5 Å². The number of hydrogen-bond acceptors (Lipinski definition) is 1. The highest BCUT2D eigenvalue weighted by molar-refractivity contribution is 5.75. The summed E-state index contributed by atoms with van der Waals surface area (Å²) in [6.45, 7) is 3.98. The maximum Gasteiger partial charge on any atom is 0.315 e. The van der Waals surface area contributed by atoms with Crippen molar-refractivity contribution in [1.29, 1.82) is 0 Å². The van der Waals surface area contributed by atoms with E-state index in [1.807, 2.05) is 19.9 Å². The Morgan fingerprint density at radius 1 is 1.35 bits per heavy atom. The standard InChI is InChI=1S/C16H23FN2O/c1-3-12(2)18-15(20)19-16(10-6-7-11-16)13-8-4-5-9-14(13)17/h4-5,8-9,12H,3,6-7,10-11H2,1-2H3,(H2,18,19,20). The molecule has 1 aromatic rings. The molecule has 2 rings (SSSR count). The SMILES string of the molecule is CCC(C)NC(=O)NC1(c2ccccc2F)CCCC1. The molecule has 1 aliphatic rings. The molecule has 110 valence electrons. The van der Waals surface area contributed by atoms with Gasteiger partial charge in [-0.2, -0.15) is 0 Å². The van der Waals surface area contributed by atoms with Crippen molar-refractivity contribution < 1.29 is 9.18 Å². The minimum absolute atomic E-state index is 0.120. The Kier molecular flexibility index (Phi) is 4.63. The Labute approximate surface area is 120 Å². The number of carbonyl (C=O) groups excluding carboxylic acids is 1. The molecule has 20 heavy (non-hydrogen) atoms. The molecule has 0 aromatic heterocycles. The van der Waals surface area contributed by atoms with Gasteiger partial charge in [0.05, 0.1) is 5.54 Å². The first-order valence-electron chi connectivity index (χ1n) is 7.41.